The maximum atomic E-state index is 12.9. The van der Waals surface area contributed by atoms with E-state index in [0.717, 1.165) is 11.5 Å². The van der Waals surface area contributed by atoms with Gasteiger partial charge in [-0.15, -0.1) is 5.10 Å². The van der Waals surface area contributed by atoms with Crippen LogP contribution in [0.4, 0.5) is 15.8 Å². The number of nitrogens with one attached hydrogen (secondary N) is 1. The van der Waals surface area contributed by atoms with Gasteiger partial charge in [-0.1, -0.05) is 4.49 Å². The second kappa shape index (κ2) is 4.23. The Morgan fingerprint density at radius 3 is 2.94 bits per heavy atom. The highest BCUT2D eigenvalue weighted by Crippen LogP contribution is 2.16. The first kappa shape index (κ1) is 10.5. The van der Waals surface area contributed by atoms with E-state index in [2.05, 4.69) is 14.9 Å². The fourth-order valence-electron chi connectivity index (χ4n) is 1.08. The van der Waals surface area contributed by atoms with Crippen molar-refractivity contribution in [2.45, 2.75) is 0 Å². The molecule has 0 saturated carbocycles. The van der Waals surface area contributed by atoms with E-state index in [1.165, 1.54) is 23.6 Å². The van der Waals surface area contributed by atoms with Crippen LogP contribution in [0.5, 0.6) is 0 Å². The van der Waals surface area contributed by atoms with Crippen molar-refractivity contribution in [3.05, 3.63) is 35.1 Å². The van der Waals surface area contributed by atoms with Gasteiger partial charge >= 0.3 is 0 Å². The van der Waals surface area contributed by atoms with Gasteiger partial charge in [0.2, 0.25) is 0 Å². The standard InChI is InChI=1S/C9H7FN4OS/c10-6-2-1-5(3-7(6)11)12-9(15)8-4-16-14-13-8/h1-4H,11H2,(H,12,15). The summed E-state index contributed by atoms with van der Waals surface area (Å²) in [6.45, 7) is 0. The second-order valence-electron chi connectivity index (χ2n) is 2.98. The first-order valence-electron chi connectivity index (χ1n) is 4.30. The molecule has 7 heteroatoms. The van der Waals surface area contributed by atoms with E-state index in [-0.39, 0.29) is 11.4 Å². The lowest BCUT2D eigenvalue weighted by atomic mass is 10.2. The Hall–Kier alpha value is -2.02. The summed E-state index contributed by atoms with van der Waals surface area (Å²) in [5.41, 5.74) is 5.97. The minimum atomic E-state index is -0.520. The van der Waals surface area contributed by atoms with Crippen molar-refractivity contribution in [3.8, 4) is 0 Å². The molecule has 5 nitrogen and oxygen atoms in total. The van der Waals surface area contributed by atoms with Gasteiger partial charge in [-0.05, 0) is 29.7 Å². The molecule has 1 amide bonds. The van der Waals surface area contributed by atoms with Gasteiger partial charge in [0, 0.05) is 11.1 Å². The molecule has 16 heavy (non-hydrogen) atoms. The van der Waals surface area contributed by atoms with E-state index in [0.29, 0.717) is 5.69 Å². The average Bonchev–Trinajstić information content (AvgIpc) is 2.77. The molecule has 0 atom stereocenters. The average molecular weight is 238 g/mol. The number of hydrogen-bond donors (Lipinski definition) is 2. The molecule has 0 fully saturated rings. The van der Waals surface area contributed by atoms with E-state index in [9.17, 15) is 9.18 Å². The Morgan fingerprint density at radius 2 is 2.31 bits per heavy atom. The largest absolute Gasteiger partial charge is 0.396 e. The molecule has 0 spiro atoms. The maximum Gasteiger partial charge on any atom is 0.277 e. The van der Waals surface area contributed by atoms with Crippen LogP contribution in [0.1, 0.15) is 10.5 Å². The number of nitrogens with two attached hydrogens (primary N) is 1. The zero-order valence-corrected chi connectivity index (χ0v) is 8.79. The van der Waals surface area contributed by atoms with Crippen molar-refractivity contribution in [3.63, 3.8) is 0 Å². The minimum Gasteiger partial charge on any atom is -0.396 e. The fourth-order valence-corrected chi connectivity index (χ4v) is 1.52. The number of aromatic nitrogens is 2. The summed E-state index contributed by atoms with van der Waals surface area (Å²) < 4.78 is 16.4. The predicted octanol–water partition coefficient (Wildman–Crippen LogP) is 1.51. The SMILES string of the molecule is Nc1cc(NC(=O)c2csnn2)ccc1F. The van der Waals surface area contributed by atoms with Gasteiger partial charge in [0.1, 0.15) is 5.82 Å². The quantitative estimate of drug-likeness (QED) is 0.777. The smallest absolute Gasteiger partial charge is 0.277 e. The lowest BCUT2D eigenvalue weighted by Gasteiger charge is -2.04. The summed E-state index contributed by atoms with van der Waals surface area (Å²) in [7, 11) is 0. The molecule has 0 aliphatic rings. The van der Waals surface area contributed by atoms with Crippen LogP contribution in [-0.4, -0.2) is 15.5 Å². The van der Waals surface area contributed by atoms with E-state index >= 15 is 0 Å². The predicted molar refractivity (Wildman–Crippen MR) is 58.7 cm³/mol. The molecule has 2 rings (SSSR count). The van der Waals surface area contributed by atoms with Gasteiger partial charge in [-0.3, -0.25) is 4.79 Å². The Balaban J connectivity index is 2.15. The molecule has 0 bridgehead atoms. The Bertz CT molecular complexity index is 514. The number of carbonyl (C=O) groups excluding carboxylic acids is 1. The molecule has 3 N–H and O–H groups in total. The van der Waals surface area contributed by atoms with E-state index in [4.69, 9.17) is 5.73 Å². The minimum absolute atomic E-state index is 0.0193. The molecule has 2 aromatic rings. The van der Waals surface area contributed by atoms with E-state index in [1.54, 1.807) is 0 Å². The number of rotatable bonds is 2. The van der Waals surface area contributed by atoms with Crippen molar-refractivity contribution in [2.75, 3.05) is 11.1 Å². The second-order valence-corrected chi connectivity index (χ2v) is 3.59. The van der Waals surface area contributed by atoms with Crippen LogP contribution in [0.25, 0.3) is 0 Å². The first-order chi connectivity index (χ1) is 7.66. The summed E-state index contributed by atoms with van der Waals surface area (Å²) in [4.78, 5) is 11.5. The monoisotopic (exact) mass is 238 g/mol. The summed E-state index contributed by atoms with van der Waals surface area (Å²) in [5.74, 6) is -0.923. The summed E-state index contributed by atoms with van der Waals surface area (Å²) in [6, 6.07) is 3.95. The summed E-state index contributed by atoms with van der Waals surface area (Å²) in [6.07, 6.45) is 0. The third kappa shape index (κ3) is 2.14. The number of benzene rings is 1. The van der Waals surface area contributed by atoms with Crippen LogP contribution >= 0.6 is 11.5 Å². The van der Waals surface area contributed by atoms with Crippen molar-refractivity contribution < 1.29 is 9.18 Å². The number of amides is 1. The molecular formula is C9H7FN4OS. The Labute approximate surface area is 94.3 Å². The van der Waals surface area contributed by atoms with Crippen LogP contribution < -0.4 is 11.1 Å². The summed E-state index contributed by atoms with van der Waals surface area (Å²) in [5, 5.41) is 7.65. The van der Waals surface area contributed by atoms with Crippen LogP contribution in [0.3, 0.4) is 0 Å². The highest BCUT2D eigenvalue weighted by Gasteiger charge is 2.09. The van der Waals surface area contributed by atoms with Crippen LogP contribution in [0.15, 0.2) is 23.6 Å². The molecule has 0 aliphatic heterocycles. The van der Waals surface area contributed by atoms with Crippen molar-refractivity contribution in [1.82, 2.24) is 9.59 Å². The fraction of sp³-hybridized carbons (Fsp3) is 0. The lowest BCUT2D eigenvalue weighted by Crippen LogP contribution is -2.12. The molecule has 0 aliphatic carbocycles. The number of nitrogen functional groups attached to an aromatic ring is 1. The number of halogens is 1. The molecule has 0 saturated heterocycles. The molecule has 1 aromatic heterocycles. The van der Waals surface area contributed by atoms with Gasteiger partial charge in [0.25, 0.3) is 5.91 Å². The molecule has 82 valence electrons. The number of hydrogen-bond acceptors (Lipinski definition) is 5. The van der Waals surface area contributed by atoms with Crippen molar-refractivity contribution in [1.29, 1.82) is 0 Å². The highest BCUT2D eigenvalue weighted by molar-refractivity contribution is 7.03. The zero-order chi connectivity index (χ0) is 11.5. The zero-order valence-electron chi connectivity index (χ0n) is 7.98. The molecule has 1 aromatic carbocycles. The topological polar surface area (TPSA) is 80.9 Å². The van der Waals surface area contributed by atoms with Gasteiger partial charge in [0.15, 0.2) is 5.69 Å². The third-order valence-corrected chi connectivity index (χ3v) is 2.35. The molecule has 1 heterocycles. The van der Waals surface area contributed by atoms with Gasteiger partial charge in [-0.25, -0.2) is 4.39 Å². The third-order valence-electron chi connectivity index (χ3n) is 1.85. The van der Waals surface area contributed by atoms with Gasteiger partial charge in [0.05, 0.1) is 5.69 Å². The van der Waals surface area contributed by atoms with Crippen molar-refractivity contribution in [2.24, 2.45) is 0 Å². The van der Waals surface area contributed by atoms with Gasteiger partial charge < -0.3 is 11.1 Å². The van der Waals surface area contributed by atoms with E-state index < -0.39 is 11.7 Å². The van der Waals surface area contributed by atoms with Crippen molar-refractivity contribution >= 4 is 28.8 Å². The molecular weight excluding hydrogens is 231 g/mol. The van der Waals surface area contributed by atoms with Crippen LogP contribution in [0, 0.1) is 5.82 Å². The first-order valence-corrected chi connectivity index (χ1v) is 5.14. The Kier molecular flexibility index (Phi) is 2.78. The number of anilines is 2. The molecule has 0 unspecified atom stereocenters. The highest BCUT2D eigenvalue weighted by atomic mass is 32.1. The number of carbonyl (C=O) groups is 1. The molecule has 0 radical (unpaired) electrons. The van der Waals surface area contributed by atoms with Crippen LogP contribution in [-0.2, 0) is 0 Å². The normalized spacial score (nSPS) is 10.1. The van der Waals surface area contributed by atoms with Gasteiger partial charge in [-0.2, -0.15) is 0 Å². The van der Waals surface area contributed by atoms with E-state index in [1.807, 2.05) is 0 Å². The maximum absolute atomic E-state index is 12.9. The summed E-state index contributed by atoms with van der Waals surface area (Å²) >= 11 is 1.08. The van der Waals surface area contributed by atoms with Crippen LogP contribution in [0.2, 0.25) is 0 Å². The Morgan fingerprint density at radius 1 is 1.50 bits per heavy atom. The lowest BCUT2D eigenvalue weighted by molar-refractivity contribution is 0.102. The number of nitrogens with zero attached hydrogens (tertiary/aromatic N) is 2.